The van der Waals surface area contributed by atoms with E-state index >= 15 is 0 Å². The van der Waals surface area contributed by atoms with Crippen molar-refractivity contribution in [3.8, 4) is 0 Å². The van der Waals surface area contributed by atoms with E-state index in [-0.39, 0.29) is 12.5 Å². The van der Waals surface area contributed by atoms with E-state index in [0.29, 0.717) is 5.92 Å². The molecule has 1 aromatic carbocycles. The zero-order chi connectivity index (χ0) is 11.5. The van der Waals surface area contributed by atoms with Crippen LogP contribution < -0.4 is 5.73 Å². The first-order valence-electron chi connectivity index (χ1n) is 5.44. The van der Waals surface area contributed by atoms with Gasteiger partial charge in [-0.3, -0.25) is 4.79 Å². The van der Waals surface area contributed by atoms with Gasteiger partial charge in [0.2, 0.25) is 5.91 Å². The van der Waals surface area contributed by atoms with Crippen LogP contribution >= 0.6 is 11.6 Å². The van der Waals surface area contributed by atoms with E-state index < -0.39 is 0 Å². The number of amides is 1. The second-order valence-corrected chi connectivity index (χ2v) is 4.52. The minimum Gasteiger partial charge on any atom is -0.341 e. The third-order valence-corrected chi connectivity index (χ3v) is 3.31. The summed E-state index contributed by atoms with van der Waals surface area (Å²) in [4.78, 5) is 13.3. The Balaban J connectivity index is 2.03. The maximum absolute atomic E-state index is 11.4. The van der Waals surface area contributed by atoms with Gasteiger partial charge in [0.25, 0.3) is 0 Å². The molecule has 1 aliphatic rings. The first-order chi connectivity index (χ1) is 7.70. The van der Waals surface area contributed by atoms with Crippen LogP contribution in [0.4, 0.5) is 0 Å². The molecule has 1 fully saturated rings. The second-order valence-electron chi connectivity index (χ2n) is 4.08. The van der Waals surface area contributed by atoms with Crippen LogP contribution in [0.15, 0.2) is 24.3 Å². The first-order valence-corrected chi connectivity index (χ1v) is 5.82. The largest absolute Gasteiger partial charge is 0.341 e. The Kier molecular flexibility index (Phi) is 3.46. The summed E-state index contributed by atoms with van der Waals surface area (Å²) in [6.45, 7) is 1.69. The quantitative estimate of drug-likeness (QED) is 0.851. The van der Waals surface area contributed by atoms with Crippen molar-refractivity contribution in [3.05, 3.63) is 34.9 Å². The Hall–Kier alpha value is -1.06. The van der Waals surface area contributed by atoms with E-state index in [1.807, 2.05) is 29.2 Å². The third kappa shape index (κ3) is 2.36. The molecule has 1 unspecified atom stereocenters. The van der Waals surface area contributed by atoms with Gasteiger partial charge < -0.3 is 10.6 Å². The molecule has 0 aliphatic carbocycles. The summed E-state index contributed by atoms with van der Waals surface area (Å²) in [5.74, 6) is 0.462. The molecular formula is C12H15ClN2O. The van der Waals surface area contributed by atoms with Gasteiger partial charge in [-0.25, -0.2) is 0 Å². The van der Waals surface area contributed by atoms with E-state index in [9.17, 15) is 4.79 Å². The molecule has 16 heavy (non-hydrogen) atoms. The van der Waals surface area contributed by atoms with Crippen molar-refractivity contribution < 1.29 is 4.79 Å². The van der Waals surface area contributed by atoms with Gasteiger partial charge in [0, 0.05) is 24.0 Å². The summed E-state index contributed by atoms with van der Waals surface area (Å²) in [6, 6.07) is 7.85. The molecule has 3 nitrogen and oxygen atoms in total. The van der Waals surface area contributed by atoms with Crippen LogP contribution in [0.5, 0.6) is 0 Å². The average Bonchev–Trinajstić information content (AvgIpc) is 2.78. The van der Waals surface area contributed by atoms with E-state index in [1.54, 1.807) is 0 Å². The lowest BCUT2D eigenvalue weighted by Gasteiger charge is -2.15. The molecule has 0 spiro atoms. The lowest BCUT2D eigenvalue weighted by atomic mass is 9.99. The van der Waals surface area contributed by atoms with E-state index in [1.165, 1.54) is 5.56 Å². The predicted molar refractivity (Wildman–Crippen MR) is 64.4 cm³/mol. The molecule has 2 N–H and O–H groups in total. The number of carbonyl (C=O) groups excluding carboxylic acids is 1. The summed E-state index contributed by atoms with van der Waals surface area (Å²) >= 11 is 5.84. The molecule has 1 saturated heterocycles. The molecule has 1 amide bonds. The highest BCUT2D eigenvalue weighted by Crippen LogP contribution is 2.27. The minimum absolute atomic E-state index is 0.0384. The number of halogens is 1. The highest BCUT2D eigenvalue weighted by molar-refractivity contribution is 6.30. The normalized spacial score (nSPS) is 20.1. The van der Waals surface area contributed by atoms with Crippen molar-refractivity contribution in [3.63, 3.8) is 0 Å². The number of nitrogens with zero attached hydrogens (tertiary/aromatic N) is 1. The summed E-state index contributed by atoms with van der Waals surface area (Å²) in [7, 11) is 0. The van der Waals surface area contributed by atoms with Crippen LogP contribution in [0.3, 0.4) is 0 Å². The zero-order valence-corrected chi connectivity index (χ0v) is 9.78. The summed E-state index contributed by atoms with van der Waals surface area (Å²) < 4.78 is 0. The number of rotatable bonds is 2. The fourth-order valence-corrected chi connectivity index (χ4v) is 2.25. The smallest absolute Gasteiger partial charge is 0.236 e. The van der Waals surface area contributed by atoms with Gasteiger partial charge in [-0.2, -0.15) is 0 Å². The van der Waals surface area contributed by atoms with Crippen molar-refractivity contribution >= 4 is 17.5 Å². The Labute approximate surface area is 100 Å². The molecule has 4 heteroatoms. The van der Waals surface area contributed by atoms with Gasteiger partial charge in [-0.05, 0) is 24.1 Å². The molecule has 0 aromatic heterocycles. The van der Waals surface area contributed by atoms with E-state index in [2.05, 4.69) is 0 Å². The van der Waals surface area contributed by atoms with Crippen molar-refractivity contribution in [2.75, 3.05) is 19.6 Å². The van der Waals surface area contributed by atoms with Crippen molar-refractivity contribution in [2.24, 2.45) is 5.73 Å². The Bertz CT molecular complexity index is 377. The van der Waals surface area contributed by atoms with Crippen molar-refractivity contribution in [1.82, 2.24) is 4.90 Å². The van der Waals surface area contributed by atoms with Crippen LogP contribution in [-0.4, -0.2) is 30.4 Å². The number of benzene rings is 1. The topological polar surface area (TPSA) is 46.3 Å². The molecule has 1 aromatic rings. The fourth-order valence-electron chi connectivity index (χ4n) is 2.12. The summed E-state index contributed by atoms with van der Waals surface area (Å²) in [5, 5.41) is 0.747. The molecule has 0 radical (unpaired) electrons. The highest BCUT2D eigenvalue weighted by Gasteiger charge is 2.26. The molecule has 86 valence electrons. The average molecular weight is 239 g/mol. The first kappa shape index (κ1) is 11.4. The molecule has 1 heterocycles. The van der Waals surface area contributed by atoms with Crippen molar-refractivity contribution in [2.45, 2.75) is 12.3 Å². The number of hydrogen-bond acceptors (Lipinski definition) is 2. The third-order valence-electron chi connectivity index (χ3n) is 3.06. The maximum Gasteiger partial charge on any atom is 0.236 e. The van der Waals surface area contributed by atoms with Crippen LogP contribution in [0.1, 0.15) is 17.9 Å². The van der Waals surface area contributed by atoms with Gasteiger partial charge in [-0.1, -0.05) is 23.7 Å². The Morgan fingerprint density at radius 1 is 1.44 bits per heavy atom. The lowest BCUT2D eigenvalue weighted by molar-refractivity contribution is -0.128. The predicted octanol–water partition coefficient (Wildman–Crippen LogP) is 1.61. The summed E-state index contributed by atoms with van der Waals surface area (Å²) in [5.41, 5.74) is 6.59. The van der Waals surface area contributed by atoms with E-state index in [0.717, 1.165) is 24.5 Å². The molecular weight excluding hydrogens is 224 g/mol. The van der Waals surface area contributed by atoms with Crippen molar-refractivity contribution in [1.29, 1.82) is 0 Å². The molecule has 2 rings (SSSR count). The molecule has 0 bridgehead atoms. The van der Waals surface area contributed by atoms with Gasteiger partial charge >= 0.3 is 0 Å². The minimum atomic E-state index is 0.0384. The SMILES string of the molecule is NCC(=O)N1CCC(c2ccc(Cl)cc2)C1. The van der Waals surface area contributed by atoms with Gasteiger partial charge in [0.1, 0.15) is 0 Å². The molecule has 1 atom stereocenters. The van der Waals surface area contributed by atoms with Crippen LogP contribution in [0, 0.1) is 0 Å². The number of nitrogens with two attached hydrogens (primary N) is 1. The van der Waals surface area contributed by atoms with Crippen LogP contribution in [0.2, 0.25) is 5.02 Å². The second kappa shape index (κ2) is 4.85. The highest BCUT2D eigenvalue weighted by atomic mass is 35.5. The zero-order valence-electron chi connectivity index (χ0n) is 9.03. The van der Waals surface area contributed by atoms with Gasteiger partial charge in [-0.15, -0.1) is 0 Å². The van der Waals surface area contributed by atoms with Crippen LogP contribution in [-0.2, 0) is 4.79 Å². The monoisotopic (exact) mass is 238 g/mol. The van der Waals surface area contributed by atoms with E-state index in [4.69, 9.17) is 17.3 Å². The standard InChI is InChI=1S/C12H15ClN2O/c13-11-3-1-9(2-4-11)10-5-6-15(8-10)12(16)7-14/h1-4,10H,5-8,14H2. The summed E-state index contributed by atoms with van der Waals surface area (Å²) in [6.07, 6.45) is 1.01. The van der Waals surface area contributed by atoms with Crippen LogP contribution in [0.25, 0.3) is 0 Å². The number of likely N-dealkylation sites (tertiary alicyclic amines) is 1. The Morgan fingerprint density at radius 2 is 2.12 bits per heavy atom. The molecule has 0 saturated carbocycles. The number of hydrogen-bond donors (Lipinski definition) is 1. The fraction of sp³-hybridized carbons (Fsp3) is 0.417. The maximum atomic E-state index is 11.4. The number of carbonyl (C=O) groups is 1. The van der Waals surface area contributed by atoms with Gasteiger partial charge in [0.15, 0.2) is 0 Å². The van der Waals surface area contributed by atoms with Gasteiger partial charge in [0.05, 0.1) is 6.54 Å². The lowest BCUT2D eigenvalue weighted by Crippen LogP contribution is -2.33. The Morgan fingerprint density at radius 3 is 2.75 bits per heavy atom. The molecule has 1 aliphatic heterocycles.